The van der Waals surface area contributed by atoms with E-state index in [-0.39, 0.29) is 5.41 Å². The summed E-state index contributed by atoms with van der Waals surface area (Å²) in [6, 6.07) is 43.1. The van der Waals surface area contributed by atoms with E-state index in [2.05, 4.69) is 126 Å². The van der Waals surface area contributed by atoms with Crippen molar-refractivity contribution < 1.29 is 18.8 Å². The minimum absolute atomic E-state index is 0.0508. The topological polar surface area (TPSA) is 25.8 Å². The molecular formula is C45H45ClN2Pt. The zero-order valence-corrected chi connectivity index (χ0v) is 31.7. The van der Waals surface area contributed by atoms with Crippen molar-refractivity contribution in [3.8, 4) is 44.9 Å². The van der Waals surface area contributed by atoms with Gasteiger partial charge in [0.25, 0.3) is 0 Å². The summed E-state index contributed by atoms with van der Waals surface area (Å²) in [7, 11) is 4.61. The molecular weight excluding hydrogens is 799 g/mol. The monoisotopic (exact) mass is 843 g/mol. The first-order valence-corrected chi connectivity index (χ1v) is 20.7. The number of hydrogen-bond acceptors (Lipinski definition) is 2. The van der Waals surface area contributed by atoms with Crippen LogP contribution in [0.1, 0.15) is 89.2 Å². The third-order valence-electron chi connectivity index (χ3n) is 10.2. The molecule has 1 aliphatic carbocycles. The molecule has 4 aromatic carbocycles. The first kappa shape index (κ1) is 35.3. The molecule has 2 heterocycles. The Hall–Kier alpha value is -3.58. The van der Waals surface area contributed by atoms with Crippen LogP contribution in [0.15, 0.2) is 115 Å². The summed E-state index contributed by atoms with van der Waals surface area (Å²) in [6.07, 6.45) is 14.6. The number of pyridine rings is 2. The van der Waals surface area contributed by atoms with E-state index in [0.717, 1.165) is 28.0 Å². The molecule has 2 aromatic heterocycles. The number of rotatable bonds is 13. The second-order valence-corrected chi connectivity index (χ2v) is 13.3. The van der Waals surface area contributed by atoms with Gasteiger partial charge in [0, 0.05) is 17.0 Å². The fourth-order valence-corrected chi connectivity index (χ4v) is 7.75. The molecule has 4 heteroatoms. The van der Waals surface area contributed by atoms with Crippen molar-refractivity contribution in [3.05, 3.63) is 133 Å². The molecule has 0 radical (unpaired) electrons. The Morgan fingerprint density at radius 2 is 1.27 bits per heavy atom. The van der Waals surface area contributed by atoms with Gasteiger partial charge in [-0.15, -0.1) is 35.9 Å². The Labute approximate surface area is 308 Å². The molecule has 252 valence electrons. The number of hydrogen-bond donors (Lipinski definition) is 0. The summed E-state index contributed by atoms with van der Waals surface area (Å²) in [5.74, 6) is 0. The zero-order valence-electron chi connectivity index (χ0n) is 28.6. The molecule has 0 unspecified atom stereocenters. The van der Waals surface area contributed by atoms with Gasteiger partial charge in [0.05, 0.1) is 11.4 Å². The predicted octanol–water partition coefficient (Wildman–Crippen LogP) is 13.3. The third-order valence-corrected chi connectivity index (χ3v) is 10.2. The van der Waals surface area contributed by atoms with Crippen LogP contribution in [0.4, 0.5) is 0 Å². The van der Waals surface area contributed by atoms with E-state index in [0.29, 0.717) is 0 Å². The van der Waals surface area contributed by atoms with Crippen LogP contribution in [-0.4, -0.2) is 9.97 Å². The number of nitrogens with zero attached hydrogens (tertiary/aromatic N) is 2. The van der Waals surface area contributed by atoms with Crippen LogP contribution in [-0.2, 0) is 24.2 Å². The molecule has 0 atom stereocenters. The van der Waals surface area contributed by atoms with Crippen LogP contribution in [0.25, 0.3) is 55.7 Å². The molecule has 0 N–H and O–H groups in total. The first-order valence-electron chi connectivity index (χ1n) is 17.9. The van der Waals surface area contributed by atoms with Gasteiger partial charge < -0.3 is 0 Å². The van der Waals surface area contributed by atoms with E-state index in [9.17, 15) is 0 Å². The van der Waals surface area contributed by atoms with Crippen LogP contribution >= 0.6 is 9.42 Å². The van der Waals surface area contributed by atoms with E-state index in [1.165, 1.54) is 103 Å². The molecule has 0 saturated heterocycles. The first-order chi connectivity index (χ1) is 24.2. The van der Waals surface area contributed by atoms with Crippen molar-refractivity contribution in [3.63, 3.8) is 0 Å². The van der Waals surface area contributed by atoms with Gasteiger partial charge in [0.2, 0.25) is 0 Å². The predicted molar refractivity (Wildman–Crippen MR) is 204 cm³/mol. The summed E-state index contributed by atoms with van der Waals surface area (Å²) in [6.45, 7) is 4.62. The van der Waals surface area contributed by atoms with Gasteiger partial charge in [0.1, 0.15) is 0 Å². The van der Waals surface area contributed by atoms with Gasteiger partial charge in [-0.25, -0.2) is 0 Å². The van der Waals surface area contributed by atoms with Gasteiger partial charge in [-0.05, 0) is 75.5 Å². The number of halogens is 1. The molecule has 1 aliphatic rings. The van der Waals surface area contributed by atoms with Crippen LogP contribution < -0.4 is 0 Å². The maximum absolute atomic E-state index is 5.16. The summed E-state index contributed by atoms with van der Waals surface area (Å²) < 4.78 is 0. The fourth-order valence-electron chi connectivity index (χ4n) is 7.75. The molecule has 0 amide bonds. The molecule has 0 fully saturated rings. The van der Waals surface area contributed by atoms with E-state index < -0.39 is 0 Å². The van der Waals surface area contributed by atoms with Crippen LogP contribution in [0.5, 0.6) is 0 Å². The molecule has 0 bridgehead atoms. The Morgan fingerprint density at radius 3 is 2.00 bits per heavy atom. The number of unbranched alkanes of at least 4 members (excludes halogenated alkanes) is 6. The van der Waals surface area contributed by atoms with Crippen LogP contribution in [0.3, 0.4) is 0 Å². The van der Waals surface area contributed by atoms with Crippen molar-refractivity contribution in [1.82, 2.24) is 9.97 Å². The van der Waals surface area contributed by atoms with Crippen LogP contribution in [0, 0.1) is 6.07 Å². The van der Waals surface area contributed by atoms with Crippen molar-refractivity contribution in [2.75, 3.05) is 0 Å². The van der Waals surface area contributed by atoms with Crippen LogP contribution in [0.2, 0.25) is 0 Å². The van der Waals surface area contributed by atoms with Gasteiger partial charge >= 0.3 is 28.2 Å². The summed E-state index contributed by atoms with van der Waals surface area (Å²) >= 11 is 1.61. The van der Waals surface area contributed by atoms with Crippen molar-refractivity contribution in [1.29, 1.82) is 0 Å². The third kappa shape index (κ3) is 7.62. The fraction of sp³-hybridized carbons (Fsp3) is 0.289. The summed E-state index contributed by atoms with van der Waals surface area (Å²) in [5, 5.41) is 2.31. The molecule has 0 saturated carbocycles. The van der Waals surface area contributed by atoms with Crippen molar-refractivity contribution in [2.45, 2.75) is 83.5 Å². The molecule has 0 spiro atoms. The quantitative estimate of drug-likeness (QED) is 0.0855. The molecule has 2 nitrogen and oxygen atoms in total. The summed E-state index contributed by atoms with van der Waals surface area (Å²) in [5.41, 5.74) is 12.0. The number of fused-ring (bicyclic) bond motifs is 4. The number of benzene rings is 4. The SMILES string of the molecule is CCCCCCC1(CCCCCC)c2ccccc2-c2ccc(-c3cc(-c4[c-]cccc4)nc(-c4cc5ccccc5cn4)c3)cc21.[Cl][Pt+]. The average Bonchev–Trinajstić information content (AvgIpc) is 3.44. The second kappa shape index (κ2) is 16.9. The zero-order chi connectivity index (χ0) is 34.1. The minimum atomic E-state index is 0.0508. The molecule has 0 aliphatic heterocycles. The van der Waals surface area contributed by atoms with Gasteiger partial charge in [-0.1, -0.05) is 132 Å². The Bertz CT molecular complexity index is 1970. The Balaban J connectivity index is 0.00000205. The van der Waals surface area contributed by atoms with E-state index in [4.69, 9.17) is 9.97 Å². The Kier molecular flexibility index (Phi) is 12.1. The maximum atomic E-state index is 5.16. The number of aromatic nitrogens is 2. The van der Waals surface area contributed by atoms with Gasteiger partial charge in [-0.3, -0.25) is 9.97 Å². The van der Waals surface area contributed by atoms with Gasteiger partial charge in [-0.2, -0.15) is 0 Å². The molecule has 49 heavy (non-hydrogen) atoms. The van der Waals surface area contributed by atoms with E-state index in [1.807, 2.05) is 18.3 Å². The van der Waals surface area contributed by atoms with E-state index in [1.54, 1.807) is 18.8 Å². The second-order valence-electron chi connectivity index (χ2n) is 13.3. The average molecular weight is 844 g/mol. The van der Waals surface area contributed by atoms with Crippen molar-refractivity contribution >= 4 is 20.2 Å². The summed E-state index contributed by atoms with van der Waals surface area (Å²) in [4.78, 5) is 10.0. The van der Waals surface area contributed by atoms with Gasteiger partial charge in [0.15, 0.2) is 0 Å². The van der Waals surface area contributed by atoms with E-state index >= 15 is 0 Å². The van der Waals surface area contributed by atoms with Crippen molar-refractivity contribution in [2.24, 2.45) is 0 Å². The molecule has 7 rings (SSSR count). The Morgan fingerprint density at radius 1 is 0.592 bits per heavy atom. The standard InChI is InChI=1S/C45H45N2.ClH.Pt/c1-3-5-7-16-26-45(27-17-8-6-4-2)40-23-15-14-22-38(40)39-25-24-35(28-41(39)45)37-30-42(33-18-10-9-11-19-33)47-44(31-37)43-29-34-20-12-13-21-36(34)32-46-43;;/h9-15,18,20-25,28-32H,3-8,16-17,26-27H2,1-2H3;1H;/q-1;;+2/p-1. The normalized spacial score (nSPS) is 12.7. The molecule has 6 aromatic rings.